The predicted molar refractivity (Wildman–Crippen MR) is 84.0 cm³/mol. The molecule has 2 rings (SSSR count). The molecule has 0 heterocycles. The summed E-state index contributed by atoms with van der Waals surface area (Å²) in [5.74, 6) is 0.109. The summed E-state index contributed by atoms with van der Waals surface area (Å²) in [7, 11) is 0. The average molecular weight is 274 g/mol. The minimum Gasteiger partial charge on any atom is -0.376 e. The van der Waals surface area contributed by atoms with Crippen LogP contribution in [0.4, 0.5) is 5.69 Å². The van der Waals surface area contributed by atoms with Crippen LogP contribution in [0, 0.1) is 13.8 Å². The molecule has 0 spiro atoms. The van der Waals surface area contributed by atoms with Gasteiger partial charge in [0, 0.05) is 11.7 Å². The number of carbonyl (C=O) groups excluding carboxylic acids is 1. The number of amides is 1. The summed E-state index contributed by atoms with van der Waals surface area (Å²) in [6.45, 7) is 4.54. The quantitative estimate of drug-likeness (QED) is 0.824. The molecule has 1 aromatic rings. The minimum atomic E-state index is 0.109. The molecule has 0 radical (unpaired) electrons. The van der Waals surface area contributed by atoms with E-state index in [0.717, 1.165) is 18.5 Å². The van der Waals surface area contributed by atoms with Crippen molar-refractivity contribution in [2.75, 3.05) is 11.9 Å². The molecule has 1 aromatic carbocycles. The Kier molecular flexibility index (Phi) is 5.45. The van der Waals surface area contributed by atoms with Crippen LogP contribution in [-0.4, -0.2) is 18.5 Å². The van der Waals surface area contributed by atoms with Gasteiger partial charge in [-0.05, 0) is 43.9 Å². The molecule has 2 N–H and O–H groups in total. The number of rotatable bonds is 4. The maximum absolute atomic E-state index is 12.0. The molecule has 1 amide bonds. The van der Waals surface area contributed by atoms with E-state index in [1.807, 2.05) is 12.1 Å². The number of hydrogen-bond donors (Lipinski definition) is 2. The lowest BCUT2D eigenvalue weighted by molar-refractivity contribution is -0.120. The Hall–Kier alpha value is -1.51. The van der Waals surface area contributed by atoms with Gasteiger partial charge in [0.05, 0.1) is 6.54 Å². The summed E-state index contributed by atoms with van der Waals surface area (Å²) in [4.78, 5) is 12.0. The molecular weight excluding hydrogens is 248 g/mol. The van der Waals surface area contributed by atoms with Crippen molar-refractivity contribution in [1.82, 2.24) is 5.32 Å². The summed E-state index contributed by atoms with van der Waals surface area (Å²) in [6, 6.07) is 6.52. The molecule has 1 aliphatic carbocycles. The summed E-state index contributed by atoms with van der Waals surface area (Å²) in [5, 5.41) is 6.41. The lowest BCUT2D eigenvalue weighted by Gasteiger charge is -2.17. The van der Waals surface area contributed by atoms with E-state index < -0.39 is 0 Å². The Balaban J connectivity index is 1.81. The van der Waals surface area contributed by atoms with Gasteiger partial charge in [0.25, 0.3) is 0 Å². The first kappa shape index (κ1) is 14.9. The molecule has 3 nitrogen and oxygen atoms in total. The number of carbonyl (C=O) groups is 1. The highest BCUT2D eigenvalue weighted by Gasteiger charge is 2.14. The monoisotopic (exact) mass is 274 g/mol. The molecule has 1 saturated carbocycles. The zero-order valence-electron chi connectivity index (χ0n) is 12.7. The van der Waals surface area contributed by atoms with E-state index in [9.17, 15) is 4.79 Å². The second-order valence-corrected chi connectivity index (χ2v) is 5.86. The molecule has 0 saturated heterocycles. The van der Waals surface area contributed by atoms with Crippen LogP contribution >= 0.6 is 0 Å². The summed E-state index contributed by atoms with van der Waals surface area (Å²) < 4.78 is 0. The topological polar surface area (TPSA) is 41.1 Å². The number of anilines is 1. The predicted octanol–water partition coefficient (Wildman–Crippen LogP) is 3.55. The van der Waals surface area contributed by atoms with Gasteiger partial charge >= 0.3 is 0 Å². The van der Waals surface area contributed by atoms with E-state index in [1.165, 1.54) is 36.8 Å². The van der Waals surface area contributed by atoms with Crippen molar-refractivity contribution in [3.63, 3.8) is 0 Å². The van der Waals surface area contributed by atoms with Crippen LogP contribution < -0.4 is 10.6 Å². The Bertz CT molecular complexity index is 448. The van der Waals surface area contributed by atoms with Gasteiger partial charge in [-0.15, -0.1) is 0 Å². The highest BCUT2D eigenvalue weighted by atomic mass is 16.1. The van der Waals surface area contributed by atoms with E-state index in [4.69, 9.17) is 0 Å². The number of aryl methyl sites for hydroxylation is 1. The standard InChI is InChI=1S/C17H26N2O/c1-13-8-7-11-16(14(13)2)18-12-17(20)19-15-9-5-3-4-6-10-15/h7-8,11,15,18H,3-6,9-10,12H2,1-2H3,(H,19,20). The Morgan fingerprint density at radius 3 is 2.55 bits per heavy atom. The second kappa shape index (κ2) is 7.32. The van der Waals surface area contributed by atoms with Gasteiger partial charge in [0.2, 0.25) is 5.91 Å². The van der Waals surface area contributed by atoms with Crippen molar-refractivity contribution in [1.29, 1.82) is 0 Å². The first-order valence-electron chi connectivity index (χ1n) is 7.76. The maximum Gasteiger partial charge on any atom is 0.239 e. The smallest absolute Gasteiger partial charge is 0.239 e. The zero-order valence-corrected chi connectivity index (χ0v) is 12.7. The molecule has 0 aromatic heterocycles. The first-order valence-corrected chi connectivity index (χ1v) is 7.76. The van der Waals surface area contributed by atoms with E-state index >= 15 is 0 Å². The van der Waals surface area contributed by atoms with Crippen molar-refractivity contribution in [3.8, 4) is 0 Å². The molecule has 1 aliphatic rings. The third-order valence-electron chi connectivity index (χ3n) is 4.26. The van der Waals surface area contributed by atoms with Gasteiger partial charge in [-0.3, -0.25) is 4.79 Å². The average Bonchev–Trinajstić information content (AvgIpc) is 2.69. The number of nitrogens with one attached hydrogen (secondary N) is 2. The van der Waals surface area contributed by atoms with Crippen molar-refractivity contribution < 1.29 is 4.79 Å². The van der Waals surface area contributed by atoms with Crippen LogP contribution in [0.3, 0.4) is 0 Å². The molecule has 0 aliphatic heterocycles. The van der Waals surface area contributed by atoms with Crippen LogP contribution in [0.15, 0.2) is 18.2 Å². The highest BCUT2D eigenvalue weighted by Crippen LogP contribution is 2.18. The van der Waals surface area contributed by atoms with E-state index in [1.54, 1.807) is 0 Å². The van der Waals surface area contributed by atoms with Gasteiger partial charge in [0.15, 0.2) is 0 Å². The van der Waals surface area contributed by atoms with Gasteiger partial charge in [-0.25, -0.2) is 0 Å². The molecule has 1 fully saturated rings. The largest absolute Gasteiger partial charge is 0.376 e. The molecular formula is C17H26N2O. The number of hydrogen-bond acceptors (Lipinski definition) is 2. The fourth-order valence-electron chi connectivity index (χ4n) is 2.82. The van der Waals surface area contributed by atoms with Crippen LogP contribution in [0.1, 0.15) is 49.7 Å². The second-order valence-electron chi connectivity index (χ2n) is 5.86. The Morgan fingerprint density at radius 1 is 1.15 bits per heavy atom. The fraction of sp³-hybridized carbons (Fsp3) is 0.588. The van der Waals surface area contributed by atoms with Gasteiger partial charge in [-0.2, -0.15) is 0 Å². The van der Waals surface area contributed by atoms with E-state index in [-0.39, 0.29) is 5.91 Å². The van der Waals surface area contributed by atoms with Crippen LogP contribution in [-0.2, 0) is 4.79 Å². The first-order chi connectivity index (χ1) is 9.66. The number of benzene rings is 1. The van der Waals surface area contributed by atoms with Crippen LogP contribution in [0.25, 0.3) is 0 Å². The molecule has 0 unspecified atom stereocenters. The lowest BCUT2D eigenvalue weighted by atomic mass is 10.1. The van der Waals surface area contributed by atoms with E-state index in [0.29, 0.717) is 12.6 Å². The Labute approximate surface area is 122 Å². The van der Waals surface area contributed by atoms with E-state index in [2.05, 4.69) is 30.5 Å². The van der Waals surface area contributed by atoms with Crippen LogP contribution in [0.2, 0.25) is 0 Å². The SMILES string of the molecule is Cc1cccc(NCC(=O)NC2CCCCCC2)c1C. The Morgan fingerprint density at radius 2 is 1.85 bits per heavy atom. The highest BCUT2D eigenvalue weighted by molar-refractivity contribution is 5.81. The normalized spacial score (nSPS) is 16.5. The van der Waals surface area contributed by atoms with Gasteiger partial charge < -0.3 is 10.6 Å². The van der Waals surface area contributed by atoms with Gasteiger partial charge in [-0.1, -0.05) is 37.8 Å². The minimum absolute atomic E-state index is 0.109. The molecule has 20 heavy (non-hydrogen) atoms. The van der Waals surface area contributed by atoms with Crippen molar-refractivity contribution in [2.45, 2.75) is 58.4 Å². The third kappa shape index (κ3) is 4.26. The summed E-state index contributed by atoms with van der Waals surface area (Å²) >= 11 is 0. The third-order valence-corrected chi connectivity index (χ3v) is 4.26. The summed E-state index contributed by atoms with van der Waals surface area (Å²) in [6.07, 6.45) is 7.38. The zero-order chi connectivity index (χ0) is 14.4. The van der Waals surface area contributed by atoms with Crippen molar-refractivity contribution >= 4 is 11.6 Å². The van der Waals surface area contributed by atoms with Crippen molar-refractivity contribution in [3.05, 3.63) is 29.3 Å². The van der Waals surface area contributed by atoms with Gasteiger partial charge in [0.1, 0.15) is 0 Å². The molecule has 3 heteroatoms. The molecule has 0 bridgehead atoms. The molecule has 110 valence electrons. The van der Waals surface area contributed by atoms with Crippen LogP contribution in [0.5, 0.6) is 0 Å². The maximum atomic E-state index is 12.0. The molecule has 0 atom stereocenters. The fourth-order valence-corrected chi connectivity index (χ4v) is 2.82. The summed E-state index contributed by atoms with van der Waals surface area (Å²) in [5.41, 5.74) is 3.52. The van der Waals surface area contributed by atoms with Crippen molar-refractivity contribution in [2.24, 2.45) is 0 Å². The lowest BCUT2D eigenvalue weighted by Crippen LogP contribution is -2.38.